The van der Waals surface area contributed by atoms with Crippen LogP contribution in [0.5, 0.6) is 0 Å². The summed E-state index contributed by atoms with van der Waals surface area (Å²) < 4.78 is 0. The second-order valence-electron chi connectivity index (χ2n) is 5.55. The van der Waals surface area contributed by atoms with Crippen LogP contribution in [-0.4, -0.2) is 29.0 Å². The highest BCUT2D eigenvalue weighted by atomic mass is 16.1. The monoisotopic (exact) mass is 279 g/mol. The smallest absolute Gasteiger partial charge is 0.221 e. The van der Waals surface area contributed by atoms with Crippen LogP contribution in [0.25, 0.3) is 0 Å². The molecule has 0 saturated heterocycles. The van der Waals surface area contributed by atoms with Crippen molar-refractivity contribution in [2.24, 2.45) is 5.92 Å². The van der Waals surface area contributed by atoms with Gasteiger partial charge in [-0.05, 0) is 11.8 Å². The molecule has 0 saturated carbocycles. The van der Waals surface area contributed by atoms with Crippen molar-refractivity contribution >= 4 is 17.5 Å². The first-order chi connectivity index (χ1) is 9.41. The van der Waals surface area contributed by atoms with Crippen LogP contribution in [0.3, 0.4) is 0 Å². The number of carbonyl (C=O) groups is 1. The molecule has 112 valence electrons. The van der Waals surface area contributed by atoms with E-state index in [9.17, 15) is 4.79 Å². The van der Waals surface area contributed by atoms with Gasteiger partial charge in [0.2, 0.25) is 5.91 Å². The number of rotatable bonds is 7. The average molecular weight is 279 g/mol. The summed E-state index contributed by atoms with van der Waals surface area (Å²) in [6.07, 6.45) is 1.84. The lowest BCUT2D eigenvalue weighted by molar-refractivity contribution is -0.120. The summed E-state index contributed by atoms with van der Waals surface area (Å²) in [5, 5.41) is 6.04. The van der Waals surface area contributed by atoms with Gasteiger partial charge in [0.15, 0.2) is 0 Å². The Morgan fingerprint density at radius 2 is 2.00 bits per heavy atom. The molecule has 0 radical (unpaired) electrons. The number of aromatic nitrogens is 2. The topological polar surface area (TPSA) is 92.9 Å². The van der Waals surface area contributed by atoms with Gasteiger partial charge in [-0.1, -0.05) is 27.7 Å². The fourth-order valence-corrected chi connectivity index (χ4v) is 1.82. The van der Waals surface area contributed by atoms with Gasteiger partial charge < -0.3 is 16.4 Å². The normalized spacial score (nSPS) is 10.9. The van der Waals surface area contributed by atoms with E-state index >= 15 is 0 Å². The quantitative estimate of drug-likeness (QED) is 0.707. The average Bonchev–Trinajstić information content (AvgIpc) is 2.36. The Hall–Kier alpha value is -1.85. The highest BCUT2D eigenvalue weighted by Gasteiger charge is 2.12. The molecule has 0 unspecified atom stereocenters. The molecule has 6 heteroatoms. The van der Waals surface area contributed by atoms with Gasteiger partial charge in [0.1, 0.15) is 18.0 Å². The molecule has 0 spiro atoms. The Morgan fingerprint density at radius 3 is 2.60 bits per heavy atom. The summed E-state index contributed by atoms with van der Waals surface area (Å²) in [4.78, 5) is 19.8. The summed E-state index contributed by atoms with van der Waals surface area (Å²) in [5.41, 5.74) is 6.76. The maximum atomic E-state index is 11.6. The van der Waals surface area contributed by atoms with E-state index in [1.807, 2.05) is 13.8 Å². The maximum absolute atomic E-state index is 11.6. The van der Waals surface area contributed by atoms with E-state index in [4.69, 9.17) is 5.73 Å². The molecule has 0 aliphatic carbocycles. The highest BCUT2D eigenvalue weighted by molar-refractivity contribution is 5.76. The number of nitrogen functional groups attached to an aromatic ring is 1. The molecule has 20 heavy (non-hydrogen) atoms. The Morgan fingerprint density at radius 1 is 1.30 bits per heavy atom. The Balaban J connectivity index is 2.50. The van der Waals surface area contributed by atoms with E-state index in [1.54, 1.807) is 0 Å². The van der Waals surface area contributed by atoms with Crippen LogP contribution < -0.4 is 16.4 Å². The van der Waals surface area contributed by atoms with Gasteiger partial charge in [0.25, 0.3) is 0 Å². The minimum absolute atomic E-state index is 0.0410. The van der Waals surface area contributed by atoms with Gasteiger partial charge in [0, 0.05) is 25.1 Å². The highest BCUT2D eigenvalue weighted by Crippen LogP contribution is 2.25. The summed E-state index contributed by atoms with van der Waals surface area (Å²) >= 11 is 0. The predicted molar refractivity (Wildman–Crippen MR) is 81.5 cm³/mol. The lowest BCUT2D eigenvalue weighted by Crippen LogP contribution is -2.28. The lowest BCUT2D eigenvalue weighted by Gasteiger charge is -2.15. The Bertz CT molecular complexity index is 445. The number of carbonyl (C=O) groups excluding carboxylic acids is 1. The summed E-state index contributed by atoms with van der Waals surface area (Å²) in [5.74, 6) is 1.93. The van der Waals surface area contributed by atoms with Crippen LogP contribution in [-0.2, 0) is 4.79 Å². The number of nitrogens with one attached hydrogen (secondary N) is 2. The number of nitrogens with two attached hydrogens (primary N) is 1. The van der Waals surface area contributed by atoms with Crippen molar-refractivity contribution in [3.8, 4) is 0 Å². The minimum atomic E-state index is 0.0410. The van der Waals surface area contributed by atoms with E-state index < -0.39 is 0 Å². The molecule has 0 aliphatic heterocycles. The predicted octanol–water partition coefficient (Wildman–Crippen LogP) is 1.76. The number of hydrogen-bond acceptors (Lipinski definition) is 5. The van der Waals surface area contributed by atoms with Gasteiger partial charge in [0.05, 0.1) is 0 Å². The zero-order valence-corrected chi connectivity index (χ0v) is 12.7. The van der Waals surface area contributed by atoms with Crippen molar-refractivity contribution in [3.63, 3.8) is 0 Å². The molecule has 4 N–H and O–H groups in total. The van der Waals surface area contributed by atoms with Crippen molar-refractivity contribution in [2.45, 2.75) is 40.0 Å². The third-order valence-corrected chi connectivity index (χ3v) is 2.84. The fourth-order valence-electron chi connectivity index (χ4n) is 1.82. The zero-order valence-electron chi connectivity index (χ0n) is 12.7. The van der Waals surface area contributed by atoms with Crippen molar-refractivity contribution in [1.82, 2.24) is 15.3 Å². The van der Waals surface area contributed by atoms with E-state index in [0.29, 0.717) is 37.1 Å². The SMILES string of the molecule is CC(C)CNC(=O)CCNc1ncnc(N)c1C(C)C. The third kappa shape index (κ3) is 5.03. The molecular formula is C14H25N5O. The molecule has 1 rings (SSSR count). The van der Waals surface area contributed by atoms with Crippen LogP contribution in [0, 0.1) is 5.92 Å². The second-order valence-corrected chi connectivity index (χ2v) is 5.55. The molecule has 1 amide bonds. The van der Waals surface area contributed by atoms with Crippen molar-refractivity contribution in [3.05, 3.63) is 11.9 Å². The summed E-state index contributed by atoms with van der Waals surface area (Å²) in [7, 11) is 0. The van der Waals surface area contributed by atoms with Crippen molar-refractivity contribution < 1.29 is 4.79 Å². The lowest BCUT2D eigenvalue weighted by atomic mass is 10.0. The number of amides is 1. The molecule has 6 nitrogen and oxygen atoms in total. The molecule has 1 aromatic rings. The van der Waals surface area contributed by atoms with Crippen molar-refractivity contribution in [2.75, 3.05) is 24.1 Å². The molecule has 0 fully saturated rings. The van der Waals surface area contributed by atoms with Crippen LogP contribution in [0.1, 0.15) is 45.6 Å². The van der Waals surface area contributed by atoms with Gasteiger partial charge in [-0.15, -0.1) is 0 Å². The Kier molecular flexibility index (Phi) is 6.21. The molecule has 1 aromatic heterocycles. The van der Waals surface area contributed by atoms with E-state index in [0.717, 1.165) is 5.56 Å². The number of hydrogen-bond donors (Lipinski definition) is 3. The first-order valence-corrected chi connectivity index (χ1v) is 7.02. The molecule has 0 aliphatic rings. The van der Waals surface area contributed by atoms with Gasteiger partial charge in [-0.25, -0.2) is 9.97 Å². The molecule has 0 atom stereocenters. The molecule has 1 heterocycles. The molecule has 0 aromatic carbocycles. The van der Waals surface area contributed by atoms with Gasteiger partial charge in [-0.2, -0.15) is 0 Å². The van der Waals surface area contributed by atoms with Crippen LogP contribution in [0.2, 0.25) is 0 Å². The van der Waals surface area contributed by atoms with Crippen LogP contribution in [0.15, 0.2) is 6.33 Å². The summed E-state index contributed by atoms with van der Waals surface area (Å²) in [6, 6.07) is 0. The van der Waals surface area contributed by atoms with Crippen molar-refractivity contribution in [1.29, 1.82) is 0 Å². The standard InChI is InChI=1S/C14H25N5O/c1-9(2)7-17-11(20)5-6-16-14-12(10(3)4)13(15)18-8-19-14/h8-10H,5-7H2,1-4H3,(H,17,20)(H3,15,16,18,19). The number of nitrogens with zero attached hydrogens (tertiary/aromatic N) is 2. The Labute approximate surface area is 120 Å². The van der Waals surface area contributed by atoms with E-state index in [2.05, 4.69) is 34.4 Å². The summed E-state index contributed by atoms with van der Waals surface area (Å²) in [6.45, 7) is 9.44. The minimum Gasteiger partial charge on any atom is -0.383 e. The fraction of sp³-hybridized carbons (Fsp3) is 0.643. The number of anilines is 2. The maximum Gasteiger partial charge on any atom is 0.221 e. The molecule has 0 bridgehead atoms. The molecular weight excluding hydrogens is 254 g/mol. The van der Waals surface area contributed by atoms with E-state index in [1.165, 1.54) is 6.33 Å². The van der Waals surface area contributed by atoms with Gasteiger partial charge >= 0.3 is 0 Å². The second kappa shape index (κ2) is 7.67. The van der Waals surface area contributed by atoms with E-state index in [-0.39, 0.29) is 11.8 Å². The largest absolute Gasteiger partial charge is 0.383 e. The third-order valence-electron chi connectivity index (χ3n) is 2.84. The first-order valence-electron chi connectivity index (χ1n) is 7.02. The van der Waals surface area contributed by atoms with Gasteiger partial charge in [-0.3, -0.25) is 4.79 Å². The van der Waals surface area contributed by atoms with Crippen LogP contribution in [0.4, 0.5) is 11.6 Å². The zero-order chi connectivity index (χ0) is 15.1. The van der Waals surface area contributed by atoms with Crippen LogP contribution >= 0.6 is 0 Å². The first kappa shape index (κ1) is 16.2.